The number of nitrogens with zero attached hydrogens (tertiary/aromatic N) is 1. The Hall–Kier alpha value is -2.83. The van der Waals surface area contributed by atoms with E-state index in [-0.39, 0.29) is 31.0 Å². The fourth-order valence-electron chi connectivity index (χ4n) is 2.87. The molecule has 1 heterocycles. The van der Waals surface area contributed by atoms with E-state index in [1.807, 2.05) is 18.2 Å². The number of aryl methyl sites for hydroxylation is 2. The third-order valence-corrected chi connectivity index (χ3v) is 4.01. The second-order valence-electron chi connectivity index (χ2n) is 5.94. The minimum absolute atomic E-state index is 0.0366. The Morgan fingerprint density at radius 3 is 2.96 bits per heavy atom. The Labute approximate surface area is 145 Å². The van der Waals surface area contributed by atoms with Crippen LogP contribution in [0.25, 0.3) is 0 Å². The van der Waals surface area contributed by atoms with Gasteiger partial charge < -0.3 is 19.3 Å². The van der Waals surface area contributed by atoms with Crippen molar-refractivity contribution in [3.05, 3.63) is 47.2 Å². The summed E-state index contributed by atoms with van der Waals surface area (Å²) in [6, 6.07) is 9.59. The molecule has 0 radical (unpaired) electrons. The van der Waals surface area contributed by atoms with Crippen molar-refractivity contribution in [1.29, 1.82) is 0 Å². The molecule has 0 bridgehead atoms. The number of fused-ring (bicyclic) bond motifs is 1. The van der Waals surface area contributed by atoms with Crippen LogP contribution in [0.4, 0.5) is 0 Å². The number of benzene rings is 1. The molecule has 7 heteroatoms. The van der Waals surface area contributed by atoms with Crippen molar-refractivity contribution in [2.75, 3.05) is 13.2 Å². The van der Waals surface area contributed by atoms with Gasteiger partial charge in [0, 0.05) is 6.07 Å². The molecule has 132 valence electrons. The highest BCUT2D eigenvalue weighted by atomic mass is 16.6. The quantitative estimate of drug-likeness (QED) is 0.807. The van der Waals surface area contributed by atoms with Gasteiger partial charge in [-0.3, -0.25) is 4.79 Å². The summed E-state index contributed by atoms with van der Waals surface area (Å²) in [5.41, 5.74) is 2.39. The first-order valence-electron chi connectivity index (χ1n) is 8.21. The van der Waals surface area contributed by atoms with Gasteiger partial charge in [-0.25, -0.2) is 4.79 Å². The van der Waals surface area contributed by atoms with Crippen LogP contribution in [0, 0.1) is 6.92 Å². The van der Waals surface area contributed by atoms with Crippen molar-refractivity contribution < 1.29 is 23.6 Å². The van der Waals surface area contributed by atoms with E-state index in [9.17, 15) is 9.59 Å². The molecule has 0 fully saturated rings. The number of carbonyl (C=O) groups is 2. The molecular weight excluding hydrogens is 324 g/mol. The second-order valence-corrected chi connectivity index (χ2v) is 5.94. The number of amides is 1. The Morgan fingerprint density at radius 2 is 2.16 bits per heavy atom. The fraction of sp³-hybridized carbons (Fsp3) is 0.389. The van der Waals surface area contributed by atoms with E-state index in [0.29, 0.717) is 5.76 Å². The fourth-order valence-corrected chi connectivity index (χ4v) is 2.87. The summed E-state index contributed by atoms with van der Waals surface area (Å²) in [6.07, 6.45) is 2.93. The molecule has 0 aliphatic heterocycles. The van der Waals surface area contributed by atoms with E-state index in [1.165, 1.54) is 5.56 Å². The van der Waals surface area contributed by atoms with Crippen molar-refractivity contribution in [3.8, 4) is 5.88 Å². The molecule has 1 aromatic carbocycles. The molecule has 1 atom stereocenters. The first-order valence-corrected chi connectivity index (χ1v) is 8.21. The molecule has 0 saturated carbocycles. The van der Waals surface area contributed by atoms with E-state index in [0.717, 1.165) is 24.8 Å². The van der Waals surface area contributed by atoms with Crippen LogP contribution in [0.2, 0.25) is 0 Å². The summed E-state index contributed by atoms with van der Waals surface area (Å²) in [5.74, 6) is -0.180. The number of esters is 1. The van der Waals surface area contributed by atoms with Gasteiger partial charge in [0.25, 0.3) is 11.8 Å². The number of hydrogen-bond donors (Lipinski definition) is 1. The predicted octanol–water partition coefficient (Wildman–Crippen LogP) is 2.10. The van der Waals surface area contributed by atoms with E-state index in [4.69, 9.17) is 14.0 Å². The summed E-state index contributed by atoms with van der Waals surface area (Å²) in [4.78, 5) is 23.7. The standard InChI is InChI=1S/C18H20N2O5/c1-12-9-17(20-25-12)23-11-18(22)24-10-16(21)19-15-8-4-6-13-5-2-3-7-14(13)15/h2-3,5,7,9,15H,4,6,8,10-11H2,1H3,(H,19,21)/t15-/m0/s1. The lowest BCUT2D eigenvalue weighted by molar-refractivity contribution is -0.150. The van der Waals surface area contributed by atoms with Gasteiger partial charge in [-0.05, 0) is 42.5 Å². The van der Waals surface area contributed by atoms with Gasteiger partial charge in [-0.1, -0.05) is 24.3 Å². The highest BCUT2D eigenvalue weighted by Crippen LogP contribution is 2.29. The maximum atomic E-state index is 12.0. The van der Waals surface area contributed by atoms with Crippen LogP contribution in [-0.4, -0.2) is 30.2 Å². The molecule has 0 saturated heterocycles. The molecule has 1 N–H and O–H groups in total. The zero-order valence-corrected chi connectivity index (χ0v) is 14.0. The first-order chi connectivity index (χ1) is 12.1. The number of nitrogens with one attached hydrogen (secondary N) is 1. The maximum absolute atomic E-state index is 12.0. The van der Waals surface area contributed by atoms with Gasteiger partial charge in [-0.15, -0.1) is 0 Å². The summed E-state index contributed by atoms with van der Waals surface area (Å²) in [7, 11) is 0. The Balaban J connectivity index is 1.43. The third-order valence-electron chi connectivity index (χ3n) is 4.01. The highest BCUT2D eigenvalue weighted by molar-refractivity contribution is 5.81. The van der Waals surface area contributed by atoms with E-state index in [1.54, 1.807) is 13.0 Å². The van der Waals surface area contributed by atoms with Crippen molar-refractivity contribution in [3.63, 3.8) is 0 Å². The van der Waals surface area contributed by atoms with Gasteiger partial charge in [0.05, 0.1) is 6.04 Å². The highest BCUT2D eigenvalue weighted by Gasteiger charge is 2.21. The van der Waals surface area contributed by atoms with E-state index >= 15 is 0 Å². The summed E-state index contributed by atoms with van der Waals surface area (Å²) >= 11 is 0. The van der Waals surface area contributed by atoms with Crippen molar-refractivity contribution >= 4 is 11.9 Å². The van der Waals surface area contributed by atoms with Gasteiger partial charge in [0.2, 0.25) is 0 Å². The number of ether oxygens (including phenoxy) is 2. The number of rotatable bonds is 6. The summed E-state index contributed by atoms with van der Waals surface area (Å²) < 4.78 is 14.9. The third kappa shape index (κ3) is 4.59. The first kappa shape index (κ1) is 17.0. The van der Waals surface area contributed by atoms with Crippen LogP contribution >= 0.6 is 0 Å². The molecule has 0 unspecified atom stereocenters. The molecule has 1 aliphatic carbocycles. The minimum atomic E-state index is -0.639. The Kier molecular flexibility index (Phi) is 5.33. The lowest BCUT2D eigenvalue weighted by atomic mass is 9.88. The van der Waals surface area contributed by atoms with Crippen molar-refractivity contribution in [2.24, 2.45) is 0 Å². The van der Waals surface area contributed by atoms with Gasteiger partial charge in [-0.2, -0.15) is 0 Å². The monoisotopic (exact) mass is 344 g/mol. The molecule has 1 aromatic heterocycles. The molecule has 25 heavy (non-hydrogen) atoms. The minimum Gasteiger partial charge on any atom is -0.463 e. The predicted molar refractivity (Wildman–Crippen MR) is 88.0 cm³/mol. The summed E-state index contributed by atoms with van der Waals surface area (Å²) in [6.45, 7) is 1.05. The maximum Gasteiger partial charge on any atom is 0.344 e. The number of carbonyl (C=O) groups excluding carboxylic acids is 2. The van der Waals surface area contributed by atoms with Crippen LogP contribution in [0.3, 0.4) is 0 Å². The van der Waals surface area contributed by atoms with E-state index < -0.39 is 5.97 Å². The molecule has 2 aromatic rings. The zero-order valence-electron chi connectivity index (χ0n) is 14.0. The lowest BCUT2D eigenvalue weighted by Gasteiger charge is -2.26. The van der Waals surface area contributed by atoms with Crippen molar-refractivity contribution in [2.45, 2.75) is 32.2 Å². The normalized spacial score (nSPS) is 16.0. The van der Waals surface area contributed by atoms with Crippen molar-refractivity contribution in [1.82, 2.24) is 10.5 Å². The van der Waals surface area contributed by atoms with Crippen LogP contribution in [0.1, 0.15) is 35.8 Å². The zero-order chi connectivity index (χ0) is 17.6. The second kappa shape index (κ2) is 7.83. The van der Waals surface area contributed by atoms with Gasteiger partial charge in [0.1, 0.15) is 5.76 Å². The molecular formula is C18H20N2O5. The van der Waals surface area contributed by atoms with Crippen LogP contribution < -0.4 is 10.1 Å². The molecule has 1 aliphatic rings. The smallest absolute Gasteiger partial charge is 0.344 e. The molecule has 0 spiro atoms. The largest absolute Gasteiger partial charge is 0.463 e. The molecule has 1 amide bonds. The topological polar surface area (TPSA) is 90.7 Å². The average Bonchev–Trinajstić information content (AvgIpc) is 3.04. The van der Waals surface area contributed by atoms with Gasteiger partial charge >= 0.3 is 5.97 Å². The number of aromatic nitrogens is 1. The average molecular weight is 344 g/mol. The van der Waals surface area contributed by atoms with Crippen LogP contribution in [0.15, 0.2) is 34.9 Å². The van der Waals surface area contributed by atoms with Gasteiger partial charge in [0.15, 0.2) is 13.2 Å². The molecule has 3 rings (SSSR count). The number of hydrogen-bond acceptors (Lipinski definition) is 6. The Bertz CT molecular complexity index is 755. The van der Waals surface area contributed by atoms with Crippen LogP contribution in [-0.2, 0) is 20.7 Å². The summed E-state index contributed by atoms with van der Waals surface area (Å²) in [5, 5.41) is 6.52. The lowest BCUT2D eigenvalue weighted by Crippen LogP contribution is -2.34. The Morgan fingerprint density at radius 1 is 1.32 bits per heavy atom. The van der Waals surface area contributed by atoms with Crippen LogP contribution in [0.5, 0.6) is 5.88 Å². The van der Waals surface area contributed by atoms with E-state index in [2.05, 4.69) is 16.5 Å². The molecule has 7 nitrogen and oxygen atoms in total. The SMILES string of the molecule is Cc1cc(OCC(=O)OCC(=O)N[C@H]2CCCc3ccccc32)no1.